The van der Waals surface area contributed by atoms with Crippen molar-refractivity contribution in [3.63, 3.8) is 0 Å². The molecule has 0 saturated carbocycles. The summed E-state index contributed by atoms with van der Waals surface area (Å²) in [5.74, 6) is -1.01. The first-order chi connectivity index (χ1) is 13.1. The van der Waals surface area contributed by atoms with E-state index in [0.29, 0.717) is 0 Å². The highest BCUT2D eigenvalue weighted by molar-refractivity contribution is 7.50. The number of carbonyl (C=O) groups excluding carboxylic acids is 1. The van der Waals surface area contributed by atoms with Crippen molar-refractivity contribution in [1.29, 1.82) is 0 Å². The Balaban J connectivity index is 2.04. The first-order valence-electron chi connectivity index (χ1n) is 7.86. The van der Waals surface area contributed by atoms with Crippen molar-refractivity contribution < 1.29 is 43.6 Å². The van der Waals surface area contributed by atoms with Crippen LogP contribution in [0.15, 0.2) is 21.9 Å². The summed E-state index contributed by atoms with van der Waals surface area (Å²) >= 11 is 0. The van der Waals surface area contributed by atoms with Gasteiger partial charge in [0.25, 0.3) is 5.56 Å². The Morgan fingerprint density at radius 3 is 2.68 bits per heavy atom. The molecule has 6 N–H and O–H groups in total. The number of hydrogen-bond acceptors (Lipinski definition) is 10. The van der Waals surface area contributed by atoms with E-state index in [1.165, 1.54) is 0 Å². The van der Waals surface area contributed by atoms with Crippen LogP contribution >= 0.6 is 7.75 Å². The van der Waals surface area contributed by atoms with E-state index in [1.807, 2.05) is 10.1 Å². The van der Waals surface area contributed by atoms with Crippen LogP contribution in [0.5, 0.6) is 0 Å². The molecule has 6 atom stereocenters. The summed E-state index contributed by atoms with van der Waals surface area (Å²) in [5.41, 5.74) is -1.57. The minimum absolute atomic E-state index is 0.675. The van der Waals surface area contributed by atoms with Gasteiger partial charge in [-0.3, -0.25) is 23.7 Å². The quantitative estimate of drug-likeness (QED) is 0.176. The number of rotatable bonds is 8. The average molecular weight is 425 g/mol. The summed E-state index contributed by atoms with van der Waals surface area (Å²) in [6.45, 7) is -1.56. The maximum atomic E-state index is 12.0. The third-order valence-corrected chi connectivity index (χ3v) is 5.00. The normalized spacial score (nSPS) is 27.9. The lowest BCUT2D eigenvalue weighted by Crippen LogP contribution is -2.40. The molecule has 1 unspecified atom stereocenters. The Morgan fingerprint density at radius 2 is 2.11 bits per heavy atom. The number of methoxy groups -OCH3 is 1. The molecule has 0 amide bonds. The lowest BCUT2D eigenvalue weighted by atomic mass is 10.1. The molecule has 0 spiro atoms. The van der Waals surface area contributed by atoms with E-state index in [9.17, 15) is 34.1 Å². The number of hydrogen-bond donors (Lipinski definition) is 6. The van der Waals surface area contributed by atoms with E-state index in [4.69, 9.17) is 14.4 Å². The van der Waals surface area contributed by atoms with Gasteiger partial charge in [-0.25, -0.2) is 14.4 Å². The Morgan fingerprint density at radius 1 is 1.43 bits per heavy atom. The van der Waals surface area contributed by atoms with Gasteiger partial charge < -0.3 is 29.7 Å². The van der Waals surface area contributed by atoms with Crippen molar-refractivity contribution in [1.82, 2.24) is 14.6 Å². The minimum Gasteiger partial charge on any atom is -0.468 e. The van der Waals surface area contributed by atoms with Gasteiger partial charge >= 0.3 is 19.4 Å². The summed E-state index contributed by atoms with van der Waals surface area (Å²) in [7, 11) is -3.63. The fourth-order valence-electron chi connectivity index (χ4n) is 2.44. The van der Waals surface area contributed by atoms with Gasteiger partial charge in [-0.05, 0) is 0 Å². The zero-order valence-corrected chi connectivity index (χ0v) is 15.4. The van der Waals surface area contributed by atoms with Gasteiger partial charge in [0.2, 0.25) is 0 Å². The molecule has 1 aromatic rings. The van der Waals surface area contributed by atoms with Crippen LogP contribution in [0.1, 0.15) is 6.23 Å². The molecule has 15 heteroatoms. The van der Waals surface area contributed by atoms with Crippen LogP contribution in [0.4, 0.5) is 0 Å². The average Bonchev–Trinajstić information content (AvgIpc) is 2.92. The van der Waals surface area contributed by atoms with Gasteiger partial charge in [-0.2, -0.15) is 0 Å². The first kappa shape index (κ1) is 22.4. The second-order valence-electron chi connectivity index (χ2n) is 5.77. The van der Waals surface area contributed by atoms with Crippen LogP contribution in [-0.2, 0) is 23.4 Å². The summed E-state index contributed by atoms with van der Waals surface area (Å²) in [6, 6.07) is -0.533. The highest BCUT2D eigenvalue weighted by Gasteiger charge is 2.45. The van der Waals surface area contributed by atoms with Crippen molar-refractivity contribution in [2.45, 2.75) is 30.6 Å². The van der Waals surface area contributed by atoms with E-state index in [1.54, 1.807) is 0 Å². The van der Waals surface area contributed by atoms with E-state index < -0.39 is 68.8 Å². The van der Waals surface area contributed by atoms with Gasteiger partial charge in [0, 0.05) is 12.3 Å². The standard InChI is InChI=1S/C13H20N3O11P/c1-25-12(21)6(4-17)15-28(23,24)26-5-7-9(19)10(20)11(27-7)16-3-2-8(18)14-13(16)22/h2-3,6-7,9-11,17,19-20H,4-5H2,1H3,(H,14,18,22)(H2,15,23,24)/t6-,7+,9+,10+,11+/m0/s1. The van der Waals surface area contributed by atoms with E-state index >= 15 is 0 Å². The summed E-state index contributed by atoms with van der Waals surface area (Å²) in [6.07, 6.45) is -4.88. The largest absolute Gasteiger partial charge is 0.468 e. The van der Waals surface area contributed by atoms with E-state index in [0.717, 1.165) is 23.9 Å². The molecule has 1 aromatic heterocycles. The highest BCUT2D eigenvalue weighted by atomic mass is 31.2. The van der Waals surface area contributed by atoms with Crippen molar-refractivity contribution in [2.75, 3.05) is 20.3 Å². The van der Waals surface area contributed by atoms with Gasteiger partial charge in [-0.15, -0.1) is 0 Å². The fourth-order valence-corrected chi connectivity index (χ4v) is 3.45. The molecule has 0 radical (unpaired) electrons. The molecule has 1 saturated heterocycles. The first-order valence-corrected chi connectivity index (χ1v) is 9.44. The number of aromatic amines is 1. The number of nitrogens with zero attached hydrogens (tertiary/aromatic N) is 1. The topological polar surface area (TPSA) is 210 Å². The molecule has 0 aliphatic carbocycles. The molecule has 0 bridgehead atoms. The van der Waals surface area contributed by atoms with Crippen LogP contribution < -0.4 is 16.3 Å². The lowest BCUT2D eigenvalue weighted by molar-refractivity contribution is -0.143. The third-order valence-electron chi connectivity index (χ3n) is 3.86. The van der Waals surface area contributed by atoms with Crippen LogP contribution in [-0.4, -0.2) is 80.4 Å². The van der Waals surface area contributed by atoms with Crippen LogP contribution in [0.3, 0.4) is 0 Å². The zero-order valence-electron chi connectivity index (χ0n) is 14.5. The maximum Gasteiger partial charge on any atom is 0.403 e. The Bertz CT molecular complexity index is 855. The molecule has 0 aromatic carbocycles. The van der Waals surface area contributed by atoms with Crippen LogP contribution in [0, 0.1) is 0 Å². The van der Waals surface area contributed by atoms with Gasteiger partial charge in [-0.1, -0.05) is 0 Å². The monoisotopic (exact) mass is 425 g/mol. The molecule has 2 rings (SSSR count). The van der Waals surface area contributed by atoms with Crippen LogP contribution in [0.2, 0.25) is 0 Å². The van der Waals surface area contributed by atoms with Crippen LogP contribution in [0.25, 0.3) is 0 Å². The molecule has 158 valence electrons. The number of esters is 1. The molecule has 1 aliphatic heterocycles. The van der Waals surface area contributed by atoms with Crippen molar-refractivity contribution >= 4 is 13.7 Å². The van der Waals surface area contributed by atoms with Crippen molar-refractivity contribution in [2.24, 2.45) is 0 Å². The Labute approximate surface area is 156 Å². The highest BCUT2D eigenvalue weighted by Crippen LogP contribution is 2.39. The molecule has 1 fully saturated rings. The zero-order chi connectivity index (χ0) is 21.1. The number of nitrogens with one attached hydrogen (secondary N) is 2. The van der Waals surface area contributed by atoms with Gasteiger partial charge in [0.05, 0.1) is 20.3 Å². The predicted octanol–water partition coefficient (Wildman–Crippen LogP) is -3.60. The fraction of sp³-hybridized carbons (Fsp3) is 0.615. The molecule has 2 heterocycles. The number of aliphatic hydroxyl groups is 3. The van der Waals surface area contributed by atoms with E-state index in [2.05, 4.69) is 4.74 Å². The summed E-state index contributed by atoms with van der Waals surface area (Å²) < 4.78 is 27.2. The lowest BCUT2D eigenvalue weighted by Gasteiger charge is -2.21. The Hall–Kier alpha value is -1.90. The third kappa shape index (κ3) is 5.12. The maximum absolute atomic E-state index is 12.0. The van der Waals surface area contributed by atoms with Gasteiger partial charge in [0.15, 0.2) is 6.23 Å². The van der Waals surface area contributed by atoms with E-state index in [-0.39, 0.29) is 0 Å². The number of H-pyrrole nitrogens is 1. The number of carbonyl (C=O) groups is 1. The number of ether oxygens (including phenoxy) is 2. The Kier molecular flexibility index (Phi) is 7.25. The molecule has 1 aliphatic rings. The second-order valence-corrected chi connectivity index (χ2v) is 7.32. The molecule has 28 heavy (non-hydrogen) atoms. The minimum atomic E-state index is -4.64. The van der Waals surface area contributed by atoms with Gasteiger partial charge in [0.1, 0.15) is 24.4 Å². The molecule has 14 nitrogen and oxygen atoms in total. The van der Waals surface area contributed by atoms with Crippen molar-refractivity contribution in [3.05, 3.63) is 33.1 Å². The number of aliphatic hydroxyl groups excluding tert-OH is 3. The summed E-state index contributed by atoms with van der Waals surface area (Å²) in [5, 5.41) is 31.0. The predicted molar refractivity (Wildman–Crippen MR) is 89.0 cm³/mol. The molecular weight excluding hydrogens is 405 g/mol. The SMILES string of the molecule is COC(=O)[C@H](CO)NP(=O)(O)OC[C@H]1O[C@@H](n2ccc(=O)[nH]c2=O)[C@H](O)[C@@H]1O. The smallest absolute Gasteiger partial charge is 0.403 e. The second kappa shape index (κ2) is 9.07. The number of aromatic nitrogens is 2. The molecular formula is C13H20N3O11P. The van der Waals surface area contributed by atoms with Crippen molar-refractivity contribution in [3.8, 4) is 0 Å². The summed E-state index contributed by atoms with van der Waals surface area (Å²) in [4.78, 5) is 45.9.